The first-order valence-electron chi connectivity index (χ1n) is 3.04. The second-order valence-electron chi connectivity index (χ2n) is 2.55. The molecule has 10 heavy (non-hydrogen) atoms. The molecule has 1 aliphatic heterocycles. The Morgan fingerprint density at radius 3 is 2.80 bits per heavy atom. The average Bonchev–Trinajstić information content (AvgIpc) is 1.79. The van der Waals surface area contributed by atoms with Crippen LogP contribution >= 0.6 is 0 Å². The fraction of sp³-hybridized carbons (Fsp3) is 1.00. The van der Waals surface area contributed by atoms with Gasteiger partial charge >= 0.3 is 0 Å². The van der Waals surface area contributed by atoms with E-state index in [1.807, 2.05) is 0 Å². The Labute approximate surface area is 58.0 Å². The van der Waals surface area contributed by atoms with Gasteiger partial charge in [-0.15, -0.1) is 10.1 Å². The molecule has 5 nitrogen and oxygen atoms in total. The molecule has 1 fully saturated rings. The molecule has 1 heterocycles. The number of rotatable bonds is 3. The Bertz CT molecular complexity index is 143. The lowest BCUT2D eigenvalue weighted by atomic mass is 9.99. The molecule has 1 rings (SSSR count). The van der Waals surface area contributed by atoms with Crippen molar-refractivity contribution in [1.29, 1.82) is 0 Å². The Hall–Kier alpha value is -0.840. The van der Waals surface area contributed by atoms with Crippen molar-refractivity contribution < 1.29 is 14.7 Å². The quantitative estimate of drug-likeness (QED) is 0.427. The molecule has 58 valence electrons. The minimum atomic E-state index is -0.799. The second kappa shape index (κ2) is 2.42. The summed E-state index contributed by atoms with van der Waals surface area (Å²) in [5.41, 5.74) is -0.410. The van der Waals surface area contributed by atoms with Crippen LogP contribution < -0.4 is 0 Å². The molecule has 0 spiro atoms. The molecule has 0 N–H and O–H groups in total. The van der Waals surface area contributed by atoms with E-state index in [0.717, 1.165) is 6.42 Å². The van der Waals surface area contributed by atoms with Crippen molar-refractivity contribution >= 4 is 0 Å². The van der Waals surface area contributed by atoms with E-state index in [1.165, 1.54) is 0 Å². The molecule has 0 aliphatic carbocycles. The van der Waals surface area contributed by atoms with E-state index in [2.05, 4.69) is 4.84 Å². The van der Waals surface area contributed by atoms with Crippen LogP contribution in [0.1, 0.15) is 13.3 Å². The van der Waals surface area contributed by atoms with E-state index in [9.17, 15) is 10.1 Å². The lowest BCUT2D eigenvalue weighted by Crippen LogP contribution is -2.45. The van der Waals surface area contributed by atoms with Crippen molar-refractivity contribution in [2.45, 2.75) is 18.9 Å². The van der Waals surface area contributed by atoms with Crippen molar-refractivity contribution in [3.8, 4) is 0 Å². The van der Waals surface area contributed by atoms with Gasteiger partial charge in [-0.3, -0.25) is 0 Å². The second-order valence-corrected chi connectivity index (χ2v) is 2.55. The fourth-order valence-corrected chi connectivity index (χ4v) is 0.754. The van der Waals surface area contributed by atoms with Gasteiger partial charge in [0, 0.05) is 6.42 Å². The number of ether oxygens (including phenoxy) is 1. The van der Waals surface area contributed by atoms with Gasteiger partial charge in [-0.25, -0.2) is 0 Å². The summed E-state index contributed by atoms with van der Waals surface area (Å²) in [5, 5.41) is 8.92. The highest BCUT2D eigenvalue weighted by Gasteiger charge is 2.34. The van der Waals surface area contributed by atoms with E-state index < -0.39 is 10.7 Å². The number of hydrogen-bond donors (Lipinski definition) is 0. The van der Waals surface area contributed by atoms with Crippen LogP contribution in [-0.2, 0) is 9.57 Å². The van der Waals surface area contributed by atoms with E-state index in [4.69, 9.17) is 4.74 Å². The third-order valence-electron chi connectivity index (χ3n) is 1.56. The van der Waals surface area contributed by atoms with Gasteiger partial charge in [0.05, 0.1) is 12.2 Å². The first-order valence-corrected chi connectivity index (χ1v) is 3.04. The zero-order valence-electron chi connectivity index (χ0n) is 5.70. The maximum absolute atomic E-state index is 9.71. The van der Waals surface area contributed by atoms with Crippen molar-refractivity contribution in [2.24, 2.45) is 0 Å². The fourth-order valence-electron chi connectivity index (χ4n) is 0.754. The van der Waals surface area contributed by atoms with Gasteiger partial charge in [-0.1, -0.05) is 0 Å². The van der Waals surface area contributed by atoms with Crippen LogP contribution in [0.5, 0.6) is 0 Å². The monoisotopic (exact) mass is 147 g/mol. The van der Waals surface area contributed by atoms with Crippen molar-refractivity contribution in [2.75, 3.05) is 13.2 Å². The average molecular weight is 147 g/mol. The molecular formula is C5H9NO4. The Balaban J connectivity index is 2.18. The van der Waals surface area contributed by atoms with Gasteiger partial charge in [0.2, 0.25) is 0 Å². The Morgan fingerprint density at radius 2 is 2.50 bits per heavy atom. The molecule has 0 aromatic heterocycles. The molecule has 0 amide bonds. The van der Waals surface area contributed by atoms with Gasteiger partial charge in [0.15, 0.2) is 0 Å². The summed E-state index contributed by atoms with van der Waals surface area (Å²) in [6.07, 6.45) is 0.834. The highest BCUT2D eigenvalue weighted by atomic mass is 17.0. The predicted octanol–water partition coefficient (Wildman–Crippen LogP) is 0.374. The topological polar surface area (TPSA) is 61.6 Å². The maximum atomic E-state index is 9.71. The zero-order chi connectivity index (χ0) is 7.61. The van der Waals surface area contributed by atoms with Gasteiger partial charge < -0.3 is 9.57 Å². The molecular weight excluding hydrogens is 138 g/mol. The van der Waals surface area contributed by atoms with Crippen molar-refractivity contribution in [3.63, 3.8) is 0 Å². The number of nitrogens with zero attached hydrogens (tertiary/aromatic N) is 1. The highest BCUT2D eigenvalue weighted by Crippen LogP contribution is 2.25. The summed E-state index contributed by atoms with van der Waals surface area (Å²) in [5.74, 6) is 0. The van der Waals surface area contributed by atoms with Crippen LogP contribution in [0.25, 0.3) is 0 Å². The van der Waals surface area contributed by atoms with Crippen LogP contribution in [0.2, 0.25) is 0 Å². The zero-order valence-corrected chi connectivity index (χ0v) is 5.70. The lowest BCUT2D eigenvalue weighted by molar-refractivity contribution is -0.761. The van der Waals surface area contributed by atoms with Crippen LogP contribution in [-0.4, -0.2) is 23.9 Å². The first-order chi connectivity index (χ1) is 4.62. The summed E-state index contributed by atoms with van der Waals surface area (Å²) in [4.78, 5) is 13.9. The van der Waals surface area contributed by atoms with Crippen molar-refractivity contribution in [1.82, 2.24) is 0 Å². The van der Waals surface area contributed by atoms with Gasteiger partial charge in [-0.2, -0.15) is 0 Å². The molecule has 5 heteroatoms. The first kappa shape index (κ1) is 7.27. The lowest BCUT2D eigenvalue weighted by Gasteiger charge is -2.37. The minimum Gasteiger partial charge on any atom is -0.373 e. The van der Waals surface area contributed by atoms with Crippen LogP contribution in [0.15, 0.2) is 0 Å². The molecule has 1 unspecified atom stereocenters. The summed E-state index contributed by atoms with van der Waals surface area (Å²) >= 11 is 0. The van der Waals surface area contributed by atoms with E-state index in [0.29, 0.717) is 6.61 Å². The molecule has 0 saturated carbocycles. The largest absolute Gasteiger partial charge is 0.373 e. The van der Waals surface area contributed by atoms with Gasteiger partial charge in [-0.05, 0) is 6.92 Å². The molecule has 0 radical (unpaired) electrons. The van der Waals surface area contributed by atoms with E-state index >= 15 is 0 Å². The summed E-state index contributed by atoms with van der Waals surface area (Å²) < 4.78 is 5.04. The van der Waals surface area contributed by atoms with E-state index in [1.54, 1.807) is 6.92 Å². The van der Waals surface area contributed by atoms with Crippen molar-refractivity contribution in [3.05, 3.63) is 10.1 Å². The smallest absolute Gasteiger partial charge is 0.294 e. The molecule has 0 aromatic rings. The molecule has 0 aromatic carbocycles. The highest BCUT2D eigenvalue weighted by molar-refractivity contribution is 4.81. The molecule has 1 aliphatic rings. The summed E-state index contributed by atoms with van der Waals surface area (Å²) in [7, 11) is 0. The Kier molecular flexibility index (Phi) is 1.76. The normalized spacial score (nSPS) is 30.9. The standard InChI is InChI=1S/C5H9NO4/c1-5(2-3-9-5)4-10-6(7)8/h2-4H2,1H3. The van der Waals surface area contributed by atoms with Gasteiger partial charge in [0.25, 0.3) is 5.09 Å². The SMILES string of the molecule is CC1(CO[N+](=O)[O-])CCO1. The molecule has 1 saturated heterocycles. The molecule has 0 bridgehead atoms. The predicted molar refractivity (Wildman–Crippen MR) is 31.9 cm³/mol. The summed E-state index contributed by atoms with van der Waals surface area (Å²) in [6, 6.07) is 0. The third kappa shape index (κ3) is 1.57. The van der Waals surface area contributed by atoms with Gasteiger partial charge in [0.1, 0.15) is 6.61 Å². The summed E-state index contributed by atoms with van der Waals surface area (Å²) in [6.45, 7) is 2.51. The van der Waals surface area contributed by atoms with Crippen LogP contribution in [0.4, 0.5) is 0 Å². The third-order valence-corrected chi connectivity index (χ3v) is 1.56. The van der Waals surface area contributed by atoms with Crippen LogP contribution in [0, 0.1) is 10.1 Å². The Morgan fingerprint density at radius 1 is 1.90 bits per heavy atom. The molecule has 1 atom stereocenters. The van der Waals surface area contributed by atoms with E-state index in [-0.39, 0.29) is 6.61 Å². The maximum Gasteiger partial charge on any atom is 0.294 e. The van der Waals surface area contributed by atoms with Crippen LogP contribution in [0.3, 0.4) is 0 Å². The minimum absolute atomic E-state index is 0.0417. The number of hydrogen-bond acceptors (Lipinski definition) is 4.